The van der Waals surface area contributed by atoms with Crippen LogP contribution in [0, 0.1) is 15.9 Å². The van der Waals surface area contributed by atoms with Gasteiger partial charge in [0.05, 0.1) is 11.0 Å². The lowest BCUT2D eigenvalue weighted by Gasteiger charge is -2.36. The van der Waals surface area contributed by atoms with E-state index >= 15 is 0 Å². The molecule has 6 heteroatoms. The Balaban J connectivity index is 2.10. The summed E-state index contributed by atoms with van der Waals surface area (Å²) in [5.41, 5.74) is -0.194. The average Bonchev–Trinajstić information content (AvgIpc) is 2.47. The summed E-state index contributed by atoms with van der Waals surface area (Å²) in [6, 6.07) is 4.04. The normalized spacial score (nSPS) is 21.2. The topological polar surface area (TPSA) is 66.6 Å². The van der Waals surface area contributed by atoms with E-state index in [9.17, 15) is 19.6 Å². The first kappa shape index (κ1) is 15.9. The van der Waals surface area contributed by atoms with Crippen LogP contribution in [0.2, 0.25) is 0 Å². The van der Waals surface area contributed by atoms with Gasteiger partial charge < -0.3 is 5.11 Å². The second-order valence-electron chi connectivity index (χ2n) is 5.54. The quantitative estimate of drug-likeness (QED) is 0.670. The number of benzene rings is 1. The first-order chi connectivity index (χ1) is 10.0. The number of hydrogen-bond acceptors (Lipinski definition) is 4. The lowest BCUT2D eigenvalue weighted by atomic mass is 9.98. The van der Waals surface area contributed by atoms with Gasteiger partial charge in [-0.3, -0.25) is 15.0 Å². The number of rotatable bonds is 5. The third kappa shape index (κ3) is 3.77. The third-order valence-electron chi connectivity index (χ3n) is 4.18. The van der Waals surface area contributed by atoms with Crippen LogP contribution >= 0.6 is 0 Å². The zero-order chi connectivity index (χ0) is 15.4. The predicted molar refractivity (Wildman–Crippen MR) is 77.5 cm³/mol. The molecule has 1 aliphatic rings. The fourth-order valence-corrected chi connectivity index (χ4v) is 2.97. The zero-order valence-corrected chi connectivity index (χ0v) is 12.2. The van der Waals surface area contributed by atoms with Crippen molar-refractivity contribution in [2.45, 2.75) is 44.8 Å². The molecule has 0 aliphatic carbocycles. The van der Waals surface area contributed by atoms with Crippen LogP contribution in [-0.2, 0) is 0 Å². The highest BCUT2D eigenvalue weighted by atomic mass is 19.1. The molecule has 0 radical (unpaired) electrons. The van der Waals surface area contributed by atoms with Crippen LogP contribution in [0.3, 0.4) is 0 Å². The number of nitro benzene ring substituents is 1. The van der Waals surface area contributed by atoms with Crippen LogP contribution < -0.4 is 0 Å². The van der Waals surface area contributed by atoms with Gasteiger partial charge in [-0.2, -0.15) is 4.39 Å². The molecule has 0 spiro atoms. The van der Waals surface area contributed by atoms with Crippen molar-refractivity contribution in [3.05, 3.63) is 39.7 Å². The largest absolute Gasteiger partial charge is 0.387 e. The average molecular weight is 296 g/mol. The molecule has 2 unspecified atom stereocenters. The lowest BCUT2D eigenvalue weighted by molar-refractivity contribution is -0.387. The van der Waals surface area contributed by atoms with Crippen molar-refractivity contribution in [1.82, 2.24) is 4.90 Å². The van der Waals surface area contributed by atoms with Crippen molar-refractivity contribution in [2.75, 3.05) is 13.1 Å². The van der Waals surface area contributed by atoms with Gasteiger partial charge in [0.1, 0.15) is 0 Å². The molecule has 2 rings (SSSR count). The summed E-state index contributed by atoms with van der Waals surface area (Å²) in [5.74, 6) is -0.875. The lowest BCUT2D eigenvalue weighted by Crippen LogP contribution is -2.41. The van der Waals surface area contributed by atoms with Crippen molar-refractivity contribution < 1.29 is 14.4 Å². The van der Waals surface area contributed by atoms with E-state index in [0.717, 1.165) is 37.9 Å². The monoisotopic (exact) mass is 296 g/mol. The molecule has 21 heavy (non-hydrogen) atoms. The van der Waals surface area contributed by atoms with Gasteiger partial charge in [-0.25, -0.2) is 0 Å². The summed E-state index contributed by atoms with van der Waals surface area (Å²) in [6.45, 7) is 3.48. The number of nitrogens with zero attached hydrogens (tertiary/aromatic N) is 2. The molecule has 116 valence electrons. The van der Waals surface area contributed by atoms with Crippen LogP contribution in [-0.4, -0.2) is 34.1 Å². The van der Waals surface area contributed by atoms with E-state index in [1.165, 1.54) is 12.5 Å². The number of β-amino-alcohol motifs (C(OH)–C–C–N with tert-alkyl or cyclic N) is 1. The van der Waals surface area contributed by atoms with Crippen LogP contribution in [0.4, 0.5) is 10.1 Å². The molecular formula is C15H21FN2O3. The number of halogens is 1. The van der Waals surface area contributed by atoms with Gasteiger partial charge in [-0.15, -0.1) is 0 Å². The highest BCUT2D eigenvalue weighted by molar-refractivity contribution is 5.37. The van der Waals surface area contributed by atoms with Gasteiger partial charge >= 0.3 is 5.69 Å². The van der Waals surface area contributed by atoms with E-state index in [4.69, 9.17) is 0 Å². The molecule has 0 bridgehead atoms. The Morgan fingerprint density at radius 3 is 2.95 bits per heavy atom. The first-order valence-corrected chi connectivity index (χ1v) is 7.39. The Bertz CT molecular complexity index is 510. The first-order valence-electron chi connectivity index (χ1n) is 7.39. The van der Waals surface area contributed by atoms with Gasteiger partial charge in [0, 0.05) is 18.7 Å². The third-order valence-corrected chi connectivity index (χ3v) is 4.18. The predicted octanol–water partition coefficient (Wildman–Crippen LogP) is 3.03. The Morgan fingerprint density at radius 2 is 2.29 bits per heavy atom. The minimum Gasteiger partial charge on any atom is -0.387 e. The number of piperidine rings is 1. The molecular weight excluding hydrogens is 275 g/mol. The maximum absolute atomic E-state index is 13.3. The second-order valence-corrected chi connectivity index (χ2v) is 5.54. The number of likely N-dealkylation sites (tertiary alicyclic amines) is 1. The van der Waals surface area contributed by atoms with Crippen LogP contribution in [0.25, 0.3) is 0 Å². The number of hydrogen-bond donors (Lipinski definition) is 1. The van der Waals surface area contributed by atoms with Gasteiger partial charge in [0.15, 0.2) is 0 Å². The maximum Gasteiger partial charge on any atom is 0.305 e. The van der Waals surface area contributed by atoms with Crippen molar-refractivity contribution in [2.24, 2.45) is 0 Å². The molecule has 1 aromatic carbocycles. The molecule has 1 fully saturated rings. The summed E-state index contributed by atoms with van der Waals surface area (Å²) in [7, 11) is 0. The van der Waals surface area contributed by atoms with E-state index in [-0.39, 0.29) is 0 Å². The zero-order valence-electron chi connectivity index (χ0n) is 12.2. The van der Waals surface area contributed by atoms with E-state index in [0.29, 0.717) is 18.2 Å². The van der Waals surface area contributed by atoms with Gasteiger partial charge in [-0.1, -0.05) is 19.4 Å². The van der Waals surface area contributed by atoms with Crippen molar-refractivity contribution in [1.29, 1.82) is 0 Å². The molecule has 0 saturated carbocycles. The fraction of sp³-hybridized carbons (Fsp3) is 0.600. The molecule has 1 aliphatic heterocycles. The van der Waals surface area contributed by atoms with Crippen LogP contribution in [0.15, 0.2) is 18.2 Å². The van der Waals surface area contributed by atoms with Gasteiger partial charge in [-0.05, 0) is 37.4 Å². The Labute approximate surface area is 123 Å². The fourth-order valence-electron chi connectivity index (χ4n) is 2.97. The van der Waals surface area contributed by atoms with E-state index in [1.54, 1.807) is 0 Å². The Kier molecular flexibility index (Phi) is 5.25. The molecule has 1 heterocycles. The SMILES string of the molecule is CCC1CCCCN1CC(O)c1ccc(F)c([N+](=O)[O-])c1. The summed E-state index contributed by atoms with van der Waals surface area (Å²) in [4.78, 5) is 12.2. The maximum atomic E-state index is 13.3. The number of aliphatic hydroxyl groups is 1. The second kappa shape index (κ2) is 6.95. The molecule has 5 nitrogen and oxygen atoms in total. The van der Waals surface area contributed by atoms with E-state index in [1.807, 2.05) is 0 Å². The molecule has 0 aromatic heterocycles. The highest BCUT2D eigenvalue weighted by Crippen LogP contribution is 2.26. The smallest absolute Gasteiger partial charge is 0.305 e. The number of aliphatic hydroxyl groups excluding tert-OH is 1. The Hall–Kier alpha value is -1.53. The summed E-state index contributed by atoms with van der Waals surface area (Å²) < 4.78 is 13.3. The molecule has 1 aromatic rings. The Morgan fingerprint density at radius 1 is 1.52 bits per heavy atom. The van der Waals surface area contributed by atoms with Gasteiger partial charge in [0.25, 0.3) is 0 Å². The van der Waals surface area contributed by atoms with Gasteiger partial charge in [0.2, 0.25) is 5.82 Å². The molecule has 0 amide bonds. The molecule has 2 atom stereocenters. The summed E-state index contributed by atoms with van der Waals surface area (Å²) >= 11 is 0. The van der Waals surface area contributed by atoms with E-state index in [2.05, 4.69) is 11.8 Å². The minimum atomic E-state index is -0.875. The minimum absolute atomic E-state index is 0.392. The van der Waals surface area contributed by atoms with Crippen molar-refractivity contribution in [3.8, 4) is 0 Å². The van der Waals surface area contributed by atoms with Crippen molar-refractivity contribution in [3.63, 3.8) is 0 Å². The standard InChI is InChI=1S/C15H21FN2O3/c1-2-12-5-3-4-8-17(12)10-15(19)11-6-7-13(16)14(9-11)18(20)21/h6-7,9,12,15,19H,2-5,8,10H2,1H3. The highest BCUT2D eigenvalue weighted by Gasteiger charge is 2.25. The summed E-state index contributed by atoms with van der Waals surface area (Å²) in [6.07, 6.45) is 3.61. The van der Waals surface area contributed by atoms with Crippen molar-refractivity contribution >= 4 is 5.69 Å². The molecule has 1 saturated heterocycles. The van der Waals surface area contributed by atoms with Crippen LogP contribution in [0.5, 0.6) is 0 Å². The van der Waals surface area contributed by atoms with E-state index < -0.39 is 22.5 Å². The summed E-state index contributed by atoms with van der Waals surface area (Å²) in [5, 5.41) is 21.1. The number of nitro groups is 1. The molecule has 1 N–H and O–H groups in total. The van der Waals surface area contributed by atoms with Crippen LogP contribution in [0.1, 0.15) is 44.3 Å².